The van der Waals surface area contributed by atoms with Crippen LogP contribution in [0, 0.1) is 5.92 Å². The van der Waals surface area contributed by atoms with E-state index in [1.165, 1.54) is 0 Å². The lowest BCUT2D eigenvalue weighted by atomic mass is 9.83. The Morgan fingerprint density at radius 2 is 2.00 bits per heavy atom. The van der Waals surface area contributed by atoms with E-state index in [0.29, 0.717) is 41.3 Å². The number of aliphatic hydroxyl groups is 2. The molecule has 2 heterocycles. The Morgan fingerprint density at radius 3 is 2.75 bits per heavy atom. The number of benzene rings is 2. The molecular formula is C24H25ClN4O3. The predicted molar refractivity (Wildman–Crippen MR) is 123 cm³/mol. The van der Waals surface area contributed by atoms with E-state index in [4.69, 9.17) is 16.7 Å². The molecule has 0 saturated carbocycles. The van der Waals surface area contributed by atoms with Crippen LogP contribution in [0.2, 0.25) is 5.02 Å². The quantitative estimate of drug-likeness (QED) is 0.509. The first-order valence-electron chi connectivity index (χ1n) is 10.5. The van der Waals surface area contributed by atoms with Gasteiger partial charge in [-0.1, -0.05) is 54.1 Å². The number of amides is 1. The average Bonchev–Trinajstić information content (AvgIpc) is 3.33. The van der Waals surface area contributed by atoms with E-state index in [9.17, 15) is 9.90 Å². The van der Waals surface area contributed by atoms with Crippen LogP contribution in [-0.4, -0.2) is 37.7 Å². The number of carbonyl (C=O) groups is 1. The standard InChI is InChI=1S/C24H25ClN4O3/c1-17(7-5-6-13-28-16-19(12-14-30)26-27-28)24(32)21-15-18(25)10-11-22(21)29(23(24)31)20-8-3-2-4-9-20/h2-5,7-11,15-17,30,32H,6,12-14H2,1H3/b7-5+/t17-,24+/m1/s1. The molecule has 3 aromatic rings. The Bertz CT molecular complexity index is 1130. The zero-order valence-corrected chi connectivity index (χ0v) is 18.5. The van der Waals surface area contributed by atoms with Crippen molar-refractivity contribution >= 4 is 28.9 Å². The van der Waals surface area contributed by atoms with Gasteiger partial charge in [-0.3, -0.25) is 14.4 Å². The molecule has 2 aromatic carbocycles. The van der Waals surface area contributed by atoms with Crippen LogP contribution in [0.5, 0.6) is 0 Å². The molecule has 7 nitrogen and oxygen atoms in total. The minimum Gasteiger partial charge on any atom is -0.396 e. The molecule has 0 spiro atoms. The van der Waals surface area contributed by atoms with Gasteiger partial charge in [0.1, 0.15) is 0 Å². The van der Waals surface area contributed by atoms with Crippen molar-refractivity contribution in [2.24, 2.45) is 5.92 Å². The van der Waals surface area contributed by atoms with Crippen LogP contribution in [0.4, 0.5) is 11.4 Å². The van der Waals surface area contributed by atoms with Gasteiger partial charge in [-0.25, -0.2) is 0 Å². The smallest absolute Gasteiger partial charge is 0.268 e. The van der Waals surface area contributed by atoms with E-state index in [2.05, 4.69) is 10.3 Å². The highest BCUT2D eigenvalue weighted by molar-refractivity contribution is 6.31. The SMILES string of the molecule is C[C@H](/C=C/CCn1cc(CCO)nn1)[C@@]1(O)C(=O)N(c2ccccc2)c2ccc(Cl)cc21. The minimum atomic E-state index is -1.73. The molecule has 1 aromatic heterocycles. The fourth-order valence-corrected chi connectivity index (χ4v) is 4.17. The highest BCUT2D eigenvalue weighted by atomic mass is 35.5. The number of carbonyl (C=O) groups excluding carboxylic acids is 1. The summed E-state index contributed by atoms with van der Waals surface area (Å²) >= 11 is 6.23. The Hall–Kier alpha value is -3.00. The Labute approximate surface area is 191 Å². The molecule has 166 valence electrons. The Balaban J connectivity index is 1.55. The van der Waals surface area contributed by atoms with Gasteiger partial charge in [0.25, 0.3) is 5.91 Å². The van der Waals surface area contributed by atoms with Gasteiger partial charge in [0, 0.05) is 48.0 Å². The number of hydrogen-bond donors (Lipinski definition) is 2. The van der Waals surface area contributed by atoms with Crippen LogP contribution < -0.4 is 4.90 Å². The van der Waals surface area contributed by atoms with Crippen LogP contribution >= 0.6 is 11.6 Å². The van der Waals surface area contributed by atoms with Gasteiger partial charge in [0.2, 0.25) is 0 Å². The topological polar surface area (TPSA) is 91.5 Å². The molecule has 4 rings (SSSR count). The third-order valence-corrected chi connectivity index (χ3v) is 5.95. The van der Waals surface area contributed by atoms with Crippen LogP contribution in [0.25, 0.3) is 0 Å². The van der Waals surface area contributed by atoms with Crippen molar-refractivity contribution in [1.82, 2.24) is 15.0 Å². The predicted octanol–water partition coefficient (Wildman–Crippen LogP) is 3.61. The minimum absolute atomic E-state index is 0.0359. The second-order valence-corrected chi connectivity index (χ2v) is 8.29. The third-order valence-electron chi connectivity index (χ3n) is 5.72. The lowest BCUT2D eigenvalue weighted by Crippen LogP contribution is -2.42. The van der Waals surface area contributed by atoms with Crippen molar-refractivity contribution in [2.75, 3.05) is 11.5 Å². The van der Waals surface area contributed by atoms with Crippen molar-refractivity contribution in [3.05, 3.63) is 83.2 Å². The van der Waals surface area contributed by atoms with E-state index in [-0.39, 0.29) is 6.61 Å². The molecule has 1 aliphatic heterocycles. The second-order valence-electron chi connectivity index (χ2n) is 7.86. The maximum Gasteiger partial charge on any atom is 0.268 e. The summed E-state index contributed by atoms with van der Waals surface area (Å²) in [7, 11) is 0. The third kappa shape index (κ3) is 4.07. The van der Waals surface area contributed by atoms with Crippen LogP contribution in [-0.2, 0) is 23.4 Å². The number of rotatable bonds is 8. The number of nitrogens with zero attached hydrogens (tertiary/aromatic N) is 4. The molecule has 0 saturated heterocycles. The van der Waals surface area contributed by atoms with Gasteiger partial charge in [0.05, 0.1) is 11.4 Å². The fourth-order valence-electron chi connectivity index (χ4n) is 4.00. The summed E-state index contributed by atoms with van der Waals surface area (Å²) in [5, 5.41) is 29.1. The second kappa shape index (κ2) is 9.24. The first-order chi connectivity index (χ1) is 15.4. The monoisotopic (exact) mass is 452 g/mol. The maximum atomic E-state index is 13.5. The number of aliphatic hydroxyl groups excluding tert-OH is 1. The zero-order chi connectivity index (χ0) is 22.7. The molecule has 1 amide bonds. The fraction of sp³-hybridized carbons (Fsp3) is 0.292. The van der Waals surface area contributed by atoms with E-state index in [1.54, 1.807) is 34.0 Å². The van der Waals surface area contributed by atoms with Gasteiger partial charge in [-0.05, 0) is 36.8 Å². The van der Waals surface area contributed by atoms with E-state index >= 15 is 0 Å². The molecule has 8 heteroatoms. The molecule has 0 radical (unpaired) electrons. The largest absolute Gasteiger partial charge is 0.396 e. The summed E-state index contributed by atoms with van der Waals surface area (Å²) in [6.07, 6.45) is 6.71. The Kier molecular flexibility index (Phi) is 6.41. The lowest BCUT2D eigenvalue weighted by molar-refractivity contribution is -0.138. The van der Waals surface area contributed by atoms with Gasteiger partial charge in [-0.2, -0.15) is 0 Å². The highest BCUT2D eigenvalue weighted by Gasteiger charge is 2.53. The van der Waals surface area contributed by atoms with Crippen LogP contribution in [0.1, 0.15) is 24.6 Å². The molecule has 32 heavy (non-hydrogen) atoms. The summed E-state index contributed by atoms with van der Waals surface area (Å²) in [5.74, 6) is -0.885. The van der Waals surface area contributed by atoms with Gasteiger partial charge >= 0.3 is 0 Å². The maximum absolute atomic E-state index is 13.5. The molecule has 1 aliphatic rings. The van der Waals surface area contributed by atoms with Crippen molar-refractivity contribution in [3.63, 3.8) is 0 Å². The summed E-state index contributed by atoms with van der Waals surface area (Å²) in [6.45, 7) is 2.46. The van der Waals surface area contributed by atoms with Crippen molar-refractivity contribution < 1.29 is 15.0 Å². The number of allylic oxidation sites excluding steroid dienone is 1. The summed E-state index contributed by atoms with van der Waals surface area (Å²) in [4.78, 5) is 15.1. The number of halogens is 1. The normalized spacial score (nSPS) is 19.0. The Morgan fingerprint density at radius 1 is 1.22 bits per heavy atom. The first kappa shape index (κ1) is 22.2. The van der Waals surface area contributed by atoms with Crippen LogP contribution in [0.15, 0.2) is 66.9 Å². The summed E-state index contributed by atoms with van der Waals surface area (Å²) in [5.41, 5.74) is 0.838. The molecule has 2 atom stereocenters. The number of para-hydroxylation sites is 1. The lowest BCUT2D eigenvalue weighted by Gasteiger charge is -2.27. The van der Waals surface area contributed by atoms with Gasteiger partial charge < -0.3 is 10.2 Å². The van der Waals surface area contributed by atoms with Gasteiger partial charge in [0.15, 0.2) is 5.60 Å². The van der Waals surface area contributed by atoms with Gasteiger partial charge in [-0.15, -0.1) is 5.10 Å². The van der Waals surface area contributed by atoms with E-state index < -0.39 is 17.4 Å². The molecule has 2 N–H and O–H groups in total. The number of fused-ring (bicyclic) bond motifs is 1. The molecule has 0 unspecified atom stereocenters. The summed E-state index contributed by atoms with van der Waals surface area (Å²) < 4.78 is 1.71. The highest BCUT2D eigenvalue weighted by Crippen LogP contribution is 2.48. The number of aryl methyl sites for hydroxylation is 1. The van der Waals surface area contributed by atoms with Crippen molar-refractivity contribution in [2.45, 2.75) is 31.9 Å². The van der Waals surface area contributed by atoms with E-state index in [1.807, 2.05) is 49.4 Å². The number of anilines is 2. The number of hydrogen-bond acceptors (Lipinski definition) is 5. The number of aromatic nitrogens is 3. The first-order valence-corrected chi connectivity index (χ1v) is 10.9. The van der Waals surface area contributed by atoms with Crippen molar-refractivity contribution in [1.29, 1.82) is 0 Å². The summed E-state index contributed by atoms with van der Waals surface area (Å²) in [6, 6.07) is 14.4. The van der Waals surface area contributed by atoms with Crippen LogP contribution in [0.3, 0.4) is 0 Å². The average molecular weight is 453 g/mol. The molecule has 0 aliphatic carbocycles. The molecule has 0 fully saturated rings. The van der Waals surface area contributed by atoms with Crippen molar-refractivity contribution in [3.8, 4) is 0 Å². The molecule has 0 bridgehead atoms. The van der Waals surface area contributed by atoms with E-state index in [0.717, 1.165) is 5.69 Å². The molecular weight excluding hydrogens is 428 g/mol. The zero-order valence-electron chi connectivity index (χ0n) is 17.7.